The highest BCUT2D eigenvalue weighted by Gasteiger charge is 2.57. The topological polar surface area (TPSA) is 337 Å². The van der Waals surface area contributed by atoms with Gasteiger partial charge in [0.15, 0.2) is 23.8 Å². The molecular formula is C50H59F7N6O19P2. The van der Waals surface area contributed by atoms with Crippen LogP contribution in [0.2, 0.25) is 0 Å². The molecule has 7 rings (SSSR count). The molecule has 0 bridgehead atoms. The minimum Gasteiger partial charge on any atom is -0.462 e. The number of aliphatic hydroxyl groups is 3. The molecule has 3 aromatic carbocycles. The standard InChI is InChI=1S/C22H29FN3O9P.C18H17F5NO5P.C10H13FN2O5/c1-13(2)33-19(29)14(3)25-36(31,35-15-8-6-5-7-9-15)32-12-16-18(28)22(4,23)20(34-16)26-11-10-17(27)24-21(26)30;1-9(2)27-18(25)10(3)24-30(26,28-11-7-5-4-6-8-11)29-17-15(22)13(20)12(19)14(21)16(17)23;1-10(11)7(16)5(4-14)18-8(10)13-3-2-6(15)12-9(13)17/h5-11,13-14,16,18,20,28H,12H2,1-4H3,(H,25,31)(H,24,27,30);4-10H,1-3H3,(H,24,26);2-3,5,7-8,14,16H,4H2,1H3,(H,12,15,17)/t14-,16+,18+,20+,22+,36-;10-,30-;5-,7-,8-,10-/m001/s1. The average molecular weight is 1240 g/mol. The molecule has 12 atom stereocenters. The number of hydrogen-bond donors (Lipinski definition) is 7. The zero-order chi connectivity index (χ0) is 62.8. The van der Waals surface area contributed by atoms with Gasteiger partial charge in [-0.3, -0.25) is 42.8 Å². The van der Waals surface area contributed by atoms with E-state index in [4.69, 9.17) is 37.6 Å². The molecule has 462 valence electrons. The van der Waals surface area contributed by atoms with Gasteiger partial charge in [0.2, 0.25) is 34.8 Å². The summed E-state index contributed by atoms with van der Waals surface area (Å²) in [6.07, 6.45) is -7.77. The van der Waals surface area contributed by atoms with Crippen LogP contribution in [0, 0.1) is 29.1 Å². The normalized spacial score (nSPS) is 24.0. The molecule has 0 unspecified atom stereocenters. The first-order chi connectivity index (χ1) is 39.1. The number of nitrogens with one attached hydrogen (secondary N) is 4. The summed E-state index contributed by atoms with van der Waals surface area (Å²) in [7, 11) is -9.22. The van der Waals surface area contributed by atoms with Crippen molar-refractivity contribution in [2.75, 3.05) is 13.2 Å². The van der Waals surface area contributed by atoms with Crippen LogP contribution in [0.15, 0.2) is 104 Å². The maximum Gasteiger partial charge on any atom is 0.513 e. The van der Waals surface area contributed by atoms with Crippen molar-refractivity contribution in [2.45, 2.75) is 128 Å². The molecule has 2 aliphatic rings. The van der Waals surface area contributed by atoms with E-state index >= 15 is 4.39 Å². The lowest BCUT2D eigenvalue weighted by atomic mass is 9.98. The van der Waals surface area contributed by atoms with Gasteiger partial charge in [-0.25, -0.2) is 40.7 Å². The highest BCUT2D eigenvalue weighted by atomic mass is 31.2. The highest BCUT2D eigenvalue weighted by molar-refractivity contribution is 7.52. The first-order valence-electron chi connectivity index (χ1n) is 24.9. The number of aromatic amines is 2. The SMILES string of the molecule is CC(C)OC(=O)[C@H](C)N[P@](=O)(OC[C@H]1O[C@@H](n2ccc(=O)[nH]c2=O)[C@](C)(F)[C@@H]1O)Oc1ccccc1.CC(C)OC(=O)[C@H](C)N[P@](=O)(Oc1ccccc1)Oc1c(F)c(F)c(F)c(F)c1F.C[C@@]1(F)[C@H](O)[C@@H](CO)O[C@H]1n1ccc(=O)[nH]c1=O. The molecule has 2 fully saturated rings. The summed E-state index contributed by atoms with van der Waals surface area (Å²) in [6, 6.07) is 14.5. The molecular weight excluding hydrogens is 1180 g/mol. The molecule has 2 aromatic heterocycles. The third kappa shape index (κ3) is 16.9. The zero-order valence-electron chi connectivity index (χ0n) is 45.6. The van der Waals surface area contributed by atoms with Crippen LogP contribution in [0.25, 0.3) is 0 Å². The average Bonchev–Trinajstić information content (AvgIpc) is 1.93. The van der Waals surface area contributed by atoms with Crippen LogP contribution >= 0.6 is 15.5 Å². The van der Waals surface area contributed by atoms with Gasteiger partial charge in [0.05, 0.1) is 25.4 Å². The Hall–Kier alpha value is -6.99. The lowest BCUT2D eigenvalue weighted by Gasteiger charge is -2.25. The summed E-state index contributed by atoms with van der Waals surface area (Å²) < 4.78 is 168. The molecule has 0 spiro atoms. The number of alkyl halides is 2. The van der Waals surface area contributed by atoms with E-state index in [2.05, 4.69) is 14.7 Å². The van der Waals surface area contributed by atoms with Gasteiger partial charge in [0.25, 0.3) is 11.1 Å². The number of ether oxygens (including phenoxy) is 4. The predicted molar refractivity (Wildman–Crippen MR) is 278 cm³/mol. The number of aliphatic hydroxyl groups excluding tert-OH is 3. The molecule has 5 aromatic rings. The van der Waals surface area contributed by atoms with Crippen LogP contribution in [0.3, 0.4) is 0 Å². The molecule has 4 heterocycles. The number of esters is 2. The Morgan fingerprint density at radius 1 is 0.607 bits per heavy atom. The Balaban J connectivity index is 0.000000243. The predicted octanol–water partition coefficient (Wildman–Crippen LogP) is 5.05. The maximum absolute atomic E-state index is 15.4. The van der Waals surface area contributed by atoms with Crippen LogP contribution in [0.1, 0.15) is 67.8 Å². The van der Waals surface area contributed by atoms with Gasteiger partial charge in [0.1, 0.15) is 48.0 Å². The van der Waals surface area contributed by atoms with Crippen molar-refractivity contribution >= 4 is 27.4 Å². The van der Waals surface area contributed by atoms with Crippen molar-refractivity contribution in [1.82, 2.24) is 29.3 Å². The summed E-state index contributed by atoms with van der Waals surface area (Å²) in [5.74, 6) is -15.2. The lowest BCUT2D eigenvalue weighted by Crippen LogP contribution is -2.43. The smallest absolute Gasteiger partial charge is 0.462 e. The molecule has 0 radical (unpaired) electrons. The monoisotopic (exact) mass is 1240 g/mol. The number of halogens is 7. The molecule has 34 heteroatoms. The second-order valence-corrected chi connectivity index (χ2v) is 22.5. The second kappa shape index (κ2) is 28.3. The van der Waals surface area contributed by atoms with E-state index in [-0.39, 0.29) is 11.5 Å². The molecule has 0 amide bonds. The van der Waals surface area contributed by atoms with E-state index in [0.717, 1.165) is 47.5 Å². The van der Waals surface area contributed by atoms with E-state index in [1.54, 1.807) is 38.1 Å². The number of hydrogen-bond acceptors (Lipinski definition) is 19. The van der Waals surface area contributed by atoms with Crippen molar-refractivity contribution in [3.8, 4) is 17.2 Å². The number of benzene rings is 3. The first kappa shape index (κ1) is 67.8. The van der Waals surface area contributed by atoms with Gasteiger partial charge in [0, 0.05) is 24.5 Å². The number of carbonyl (C=O) groups is 2. The minimum absolute atomic E-state index is 0.137. The summed E-state index contributed by atoms with van der Waals surface area (Å²) >= 11 is 0. The Kier molecular flexibility index (Phi) is 22.8. The largest absolute Gasteiger partial charge is 0.513 e. The molecule has 7 N–H and O–H groups in total. The first-order valence-corrected chi connectivity index (χ1v) is 28.0. The number of H-pyrrole nitrogens is 2. The highest BCUT2D eigenvalue weighted by Crippen LogP contribution is 2.49. The van der Waals surface area contributed by atoms with Gasteiger partial charge < -0.3 is 47.8 Å². The van der Waals surface area contributed by atoms with E-state index in [1.807, 2.05) is 9.97 Å². The van der Waals surface area contributed by atoms with E-state index < -0.39 is 170 Å². The Bertz CT molecular complexity index is 3400. The summed E-state index contributed by atoms with van der Waals surface area (Å²) in [5.41, 5.74) is -7.83. The van der Waals surface area contributed by atoms with Gasteiger partial charge in [-0.2, -0.15) is 19.0 Å². The fourth-order valence-electron chi connectivity index (χ4n) is 7.54. The van der Waals surface area contributed by atoms with Gasteiger partial charge >= 0.3 is 38.8 Å². The third-order valence-electron chi connectivity index (χ3n) is 11.7. The molecule has 25 nitrogen and oxygen atoms in total. The van der Waals surface area contributed by atoms with Crippen molar-refractivity contribution < 1.29 is 102 Å². The summed E-state index contributed by atoms with van der Waals surface area (Å²) in [6.45, 7) is 9.81. The number of nitrogens with zero attached hydrogens (tertiary/aromatic N) is 2. The van der Waals surface area contributed by atoms with Crippen LogP contribution in [-0.2, 0) is 42.2 Å². The quantitative estimate of drug-likeness (QED) is 0.0176. The number of aromatic nitrogens is 4. The molecule has 2 aliphatic heterocycles. The number of carbonyl (C=O) groups excluding carboxylic acids is 2. The Labute approximate surface area is 471 Å². The van der Waals surface area contributed by atoms with Crippen LogP contribution in [-0.4, -0.2) is 120 Å². The van der Waals surface area contributed by atoms with Crippen molar-refractivity contribution in [1.29, 1.82) is 0 Å². The fourth-order valence-corrected chi connectivity index (χ4v) is 10.6. The molecule has 2 saturated heterocycles. The van der Waals surface area contributed by atoms with E-state index in [9.17, 15) is 74.5 Å². The zero-order valence-corrected chi connectivity index (χ0v) is 47.4. The van der Waals surface area contributed by atoms with Crippen molar-refractivity contribution in [3.63, 3.8) is 0 Å². The fraction of sp³-hybridized carbons (Fsp3) is 0.440. The Morgan fingerprint density at radius 2 is 0.976 bits per heavy atom. The van der Waals surface area contributed by atoms with Crippen LogP contribution in [0.4, 0.5) is 30.7 Å². The van der Waals surface area contributed by atoms with Gasteiger partial charge in [-0.05, 0) is 79.7 Å². The number of rotatable bonds is 20. The molecule has 0 saturated carbocycles. The lowest BCUT2D eigenvalue weighted by molar-refractivity contribution is -0.150. The third-order valence-corrected chi connectivity index (χ3v) is 14.9. The van der Waals surface area contributed by atoms with Crippen LogP contribution < -0.4 is 46.2 Å². The summed E-state index contributed by atoms with van der Waals surface area (Å²) in [4.78, 5) is 74.1. The van der Waals surface area contributed by atoms with Crippen molar-refractivity contribution in [3.05, 3.63) is 156 Å². The van der Waals surface area contributed by atoms with Gasteiger partial charge in [-0.1, -0.05) is 36.4 Å². The minimum atomic E-state index is -4.91. The van der Waals surface area contributed by atoms with Crippen LogP contribution in [0.5, 0.6) is 17.2 Å². The number of para-hydroxylation sites is 2. The van der Waals surface area contributed by atoms with Crippen molar-refractivity contribution in [2.24, 2.45) is 0 Å². The van der Waals surface area contributed by atoms with E-state index in [1.165, 1.54) is 64.1 Å². The molecule has 0 aliphatic carbocycles. The van der Waals surface area contributed by atoms with Gasteiger partial charge in [-0.15, -0.1) is 0 Å². The Morgan fingerprint density at radius 3 is 1.36 bits per heavy atom. The van der Waals surface area contributed by atoms with E-state index in [0.29, 0.717) is 0 Å². The second-order valence-electron chi connectivity index (χ2n) is 19.2. The maximum atomic E-state index is 15.4. The summed E-state index contributed by atoms with van der Waals surface area (Å²) in [5, 5.41) is 33.7. The molecule has 84 heavy (non-hydrogen) atoms.